The topological polar surface area (TPSA) is 32.9 Å². The van der Waals surface area contributed by atoms with Crippen LogP contribution in [0.1, 0.15) is 16.1 Å². The summed E-state index contributed by atoms with van der Waals surface area (Å²) in [6, 6.07) is 4.05. The Labute approximate surface area is 97.9 Å². The van der Waals surface area contributed by atoms with Crippen LogP contribution < -0.4 is 0 Å². The smallest absolute Gasteiger partial charge is 0.167 e. The summed E-state index contributed by atoms with van der Waals surface area (Å²) in [4.78, 5) is 13.8. The molecule has 1 aromatic heterocycles. The van der Waals surface area contributed by atoms with E-state index in [9.17, 15) is 4.79 Å². The summed E-state index contributed by atoms with van der Waals surface area (Å²) in [5, 5.41) is 1.03. The van der Waals surface area contributed by atoms with Crippen LogP contribution in [0.25, 0.3) is 10.9 Å². The first-order chi connectivity index (χ1) is 6.63. The molecule has 0 radical (unpaired) electrons. The van der Waals surface area contributed by atoms with E-state index >= 15 is 0 Å². The third-order valence-electron chi connectivity index (χ3n) is 2.09. The first-order valence-electron chi connectivity index (χ1n) is 4.06. The highest BCUT2D eigenvalue weighted by molar-refractivity contribution is 9.11. The second kappa shape index (κ2) is 3.51. The van der Waals surface area contributed by atoms with Gasteiger partial charge in [0.25, 0.3) is 0 Å². The van der Waals surface area contributed by atoms with Crippen molar-refractivity contribution in [1.29, 1.82) is 0 Å². The van der Waals surface area contributed by atoms with E-state index in [0.29, 0.717) is 5.69 Å². The van der Waals surface area contributed by atoms with Crippen molar-refractivity contribution in [2.45, 2.75) is 6.92 Å². The summed E-state index contributed by atoms with van der Waals surface area (Å²) in [5.74, 6) is 0. The predicted octanol–water partition coefficient (Wildman–Crippen LogP) is 3.81. The van der Waals surface area contributed by atoms with Crippen molar-refractivity contribution in [2.24, 2.45) is 0 Å². The number of hydrogen-bond acceptors (Lipinski definition) is 1. The minimum atomic E-state index is 0.575. The number of aryl methyl sites for hydroxylation is 1. The predicted molar refractivity (Wildman–Crippen MR) is 63.8 cm³/mol. The number of hydrogen-bond donors (Lipinski definition) is 1. The molecule has 1 aromatic carbocycles. The van der Waals surface area contributed by atoms with Crippen molar-refractivity contribution in [3.05, 3.63) is 32.3 Å². The standard InChI is InChI=1S/C10H7Br2NO/c1-5-2-6-9(12)8(4-14)13-10(6)7(11)3-5/h2-4,13H,1H3. The molecule has 0 saturated carbocycles. The highest BCUT2D eigenvalue weighted by Gasteiger charge is 2.10. The van der Waals surface area contributed by atoms with E-state index in [1.54, 1.807) is 0 Å². The molecule has 0 unspecified atom stereocenters. The Morgan fingerprint density at radius 3 is 2.71 bits per heavy atom. The van der Waals surface area contributed by atoms with Gasteiger partial charge < -0.3 is 4.98 Å². The minimum Gasteiger partial charge on any atom is -0.350 e. The first-order valence-corrected chi connectivity index (χ1v) is 5.64. The number of aromatic nitrogens is 1. The molecular formula is C10H7Br2NO. The van der Waals surface area contributed by atoms with E-state index in [0.717, 1.165) is 31.7 Å². The first kappa shape index (κ1) is 9.93. The summed E-state index contributed by atoms with van der Waals surface area (Å²) in [5.41, 5.74) is 2.68. The number of aldehydes is 1. The second-order valence-electron chi connectivity index (χ2n) is 3.14. The van der Waals surface area contributed by atoms with Gasteiger partial charge in [-0.15, -0.1) is 0 Å². The number of benzene rings is 1. The molecule has 0 aliphatic carbocycles. The lowest BCUT2D eigenvalue weighted by Gasteiger charge is -1.97. The zero-order chi connectivity index (χ0) is 10.3. The minimum absolute atomic E-state index is 0.575. The molecule has 0 spiro atoms. The Balaban J connectivity index is 2.91. The monoisotopic (exact) mass is 315 g/mol. The van der Waals surface area contributed by atoms with Gasteiger partial charge in [-0.2, -0.15) is 0 Å². The maximum atomic E-state index is 10.7. The van der Waals surface area contributed by atoms with E-state index < -0.39 is 0 Å². The zero-order valence-electron chi connectivity index (χ0n) is 7.40. The molecule has 2 aromatic rings. The maximum Gasteiger partial charge on any atom is 0.167 e. The molecule has 0 atom stereocenters. The lowest BCUT2D eigenvalue weighted by atomic mass is 10.2. The molecule has 0 aliphatic heterocycles. The van der Waals surface area contributed by atoms with Crippen molar-refractivity contribution in [2.75, 3.05) is 0 Å². The Hall–Kier alpha value is -0.610. The molecule has 2 rings (SSSR count). The molecule has 0 aliphatic rings. The number of H-pyrrole nitrogens is 1. The lowest BCUT2D eigenvalue weighted by molar-refractivity contribution is 0.111. The summed E-state index contributed by atoms with van der Waals surface area (Å²) in [6.07, 6.45) is 0.811. The van der Waals surface area contributed by atoms with Crippen LogP contribution in [0.2, 0.25) is 0 Å². The van der Waals surface area contributed by atoms with Gasteiger partial charge in [-0.05, 0) is 56.5 Å². The van der Waals surface area contributed by atoms with Crippen LogP contribution in [-0.2, 0) is 0 Å². The molecule has 2 nitrogen and oxygen atoms in total. The van der Waals surface area contributed by atoms with Crippen molar-refractivity contribution in [3.63, 3.8) is 0 Å². The number of fused-ring (bicyclic) bond motifs is 1. The summed E-state index contributed by atoms with van der Waals surface area (Å²) < 4.78 is 1.80. The normalized spacial score (nSPS) is 10.8. The fourth-order valence-electron chi connectivity index (χ4n) is 1.46. The van der Waals surface area contributed by atoms with E-state index in [4.69, 9.17) is 0 Å². The zero-order valence-corrected chi connectivity index (χ0v) is 10.6. The Morgan fingerprint density at radius 1 is 1.36 bits per heavy atom. The van der Waals surface area contributed by atoms with Gasteiger partial charge in [-0.3, -0.25) is 4.79 Å². The number of carbonyl (C=O) groups is 1. The summed E-state index contributed by atoms with van der Waals surface area (Å²) in [6.45, 7) is 2.02. The van der Waals surface area contributed by atoms with E-state index in [1.807, 2.05) is 19.1 Å². The van der Waals surface area contributed by atoms with Crippen LogP contribution in [0.15, 0.2) is 21.1 Å². The molecule has 14 heavy (non-hydrogen) atoms. The van der Waals surface area contributed by atoms with Gasteiger partial charge in [0.15, 0.2) is 6.29 Å². The molecule has 0 fully saturated rings. The van der Waals surface area contributed by atoms with Crippen molar-refractivity contribution in [1.82, 2.24) is 4.98 Å². The van der Waals surface area contributed by atoms with Crippen LogP contribution in [0.3, 0.4) is 0 Å². The summed E-state index contributed by atoms with van der Waals surface area (Å²) in [7, 11) is 0. The lowest BCUT2D eigenvalue weighted by Crippen LogP contribution is -1.77. The average molecular weight is 317 g/mol. The van der Waals surface area contributed by atoms with Crippen LogP contribution in [0.5, 0.6) is 0 Å². The van der Waals surface area contributed by atoms with Gasteiger partial charge in [0, 0.05) is 9.86 Å². The number of nitrogens with one attached hydrogen (secondary N) is 1. The highest BCUT2D eigenvalue weighted by atomic mass is 79.9. The third kappa shape index (κ3) is 1.42. The van der Waals surface area contributed by atoms with Crippen LogP contribution in [0, 0.1) is 6.92 Å². The second-order valence-corrected chi connectivity index (χ2v) is 4.79. The quantitative estimate of drug-likeness (QED) is 0.797. The SMILES string of the molecule is Cc1cc(Br)c2[nH]c(C=O)c(Br)c2c1. The van der Waals surface area contributed by atoms with Gasteiger partial charge in [0.1, 0.15) is 0 Å². The number of halogens is 2. The molecular weight excluding hydrogens is 310 g/mol. The molecule has 1 N–H and O–H groups in total. The van der Waals surface area contributed by atoms with Crippen molar-refractivity contribution < 1.29 is 4.79 Å². The Kier molecular flexibility index (Phi) is 2.49. The molecule has 72 valence electrons. The third-order valence-corrected chi connectivity index (χ3v) is 3.56. The van der Waals surface area contributed by atoms with Crippen LogP contribution >= 0.6 is 31.9 Å². The van der Waals surface area contributed by atoms with Crippen molar-refractivity contribution >= 4 is 49.0 Å². The fourth-order valence-corrected chi connectivity index (χ4v) is 2.64. The van der Waals surface area contributed by atoms with Gasteiger partial charge in [-0.1, -0.05) is 0 Å². The van der Waals surface area contributed by atoms with Crippen LogP contribution in [0.4, 0.5) is 0 Å². The van der Waals surface area contributed by atoms with Gasteiger partial charge in [-0.25, -0.2) is 0 Å². The van der Waals surface area contributed by atoms with E-state index in [-0.39, 0.29) is 0 Å². The van der Waals surface area contributed by atoms with E-state index in [2.05, 4.69) is 36.8 Å². The van der Waals surface area contributed by atoms with E-state index in [1.165, 1.54) is 0 Å². The highest BCUT2D eigenvalue weighted by Crippen LogP contribution is 2.32. The molecule has 0 saturated heterocycles. The van der Waals surface area contributed by atoms with Crippen LogP contribution in [-0.4, -0.2) is 11.3 Å². The Morgan fingerprint density at radius 2 is 2.07 bits per heavy atom. The molecule has 0 bridgehead atoms. The Bertz CT molecular complexity index is 516. The maximum absolute atomic E-state index is 10.7. The molecule has 1 heterocycles. The van der Waals surface area contributed by atoms with Crippen molar-refractivity contribution in [3.8, 4) is 0 Å². The van der Waals surface area contributed by atoms with Gasteiger partial charge in [0.05, 0.1) is 15.7 Å². The average Bonchev–Trinajstić information content (AvgIpc) is 2.44. The number of rotatable bonds is 1. The molecule has 4 heteroatoms. The number of aromatic amines is 1. The summed E-state index contributed by atoms with van der Waals surface area (Å²) >= 11 is 6.85. The largest absolute Gasteiger partial charge is 0.350 e. The molecule has 0 amide bonds. The van der Waals surface area contributed by atoms with Gasteiger partial charge >= 0.3 is 0 Å². The van der Waals surface area contributed by atoms with Gasteiger partial charge in [0.2, 0.25) is 0 Å². The number of carbonyl (C=O) groups excluding carboxylic acids is 1. The fraction of sp³-hybridized carbons (Fsp3) is 0.100.